The minimum Gasteiger partial charge on any atom is -0.380 e. The molecule has 1 aliphatic heterocycles. The van der Waals surface area contributed by atoms with Crippen LogP contribution in [0.3, 0.4) is 0 Å². The van der Waals surface area contributed by atoms with Crippen molar-refractivity contribution in [2.75, 3.05) is 5.32 Å². The zero-order valence-corrected chi connectivity index (χ0v) is 15.4. The van der Waals surface area contributed by atoms with Crippen LogP contribution in [0.15, 0.2) is 78.9 Å². The van der Waals surface area contributed by atoms with Crippen molar-refractivity contribution < 1.29 is 0 Å². The molecule has 3 aromatic carbocycles. The molecule has 1 aliphatic carbocycles. The summed E-state index contributed by atoms with van der Waals surface area (Å²) < 4.78 is 0. The van der Waals surface area contributed by atoms with Crippen molar-refractivity contribution in [3.8, 4) is 0 Å². The lowest BCUT2D eigenvalue weighted by Gasteiger charge is -2.39. The van der Waals surface area contributed by atoms with Crippen molar-refractivity contribution in [1.29, 1.82) is 0 Å². The number of para-hydroxylation sites is 1. The first-order valence-electron chi connectivity index (χ1n) is 9.46. The van der Waals surface area contributed by atoms with Crippen LogP contribution in [0.2, 0.25) is 5.02 Å². The van der Waals surface area contributed by atoms with Crippen LogP contribution in [0.25, 0.3) is 0 Å². The third-order valence-corrected chi connectivity index (χ3v) is 6.51. The Morgan fingerprint density at radius 2 is 1.35 bits per heavy atom. The van der Waals surface area contributed by atoms with E-state index in [2.05, 4.69) is 78.1 Å². The van der Waals surface area contributed by atoms with Crippen LogP contribution >= 0.6 is 11.6 Å². The highest BCUT2D eigenvalue weighted by Gasteiger charge is 2.44. The molecule has 2 aliphatic rings. The molecule has 0 radical (unpaired) electrons. The van der Waals surface area contributed by atoms with Gasteiger partial charge in [0.05, 0.1) is 10.7 Å². The number of benzene rings is 3. The molecule has 1 N–H and O–H groups in total. The van der Waals surface area contributed by atoms with E-state index < -0.39 is 0 Å². The molecule has 0 saturated heterocycles. The van der Waals surface area contributed by atoms with Gasteiger partial charge in [-0.05, 0) is 41.5 Å². The fourth-order valence-electron chi connectivity index (χ4n) is 5.01. The summed E-state index contributed by atoms with van der Waals surface area (Å²) in [6.45, 7) is 0. The maximum Gasteiger partial charge on any atom is 0.0640 e. The summed E-state index contributed by atoms with van der Waals surface area (Å²) >= 11 is 6.52. The van der Waals surface area contributed by atoms with Crippen LogP contribution in [-0.2, 0) is 0 Å². The lowest BCUT2D eigenvalue weighted by atomic mass is 9.67. The number of fused-ring (bicyclic) bond motifs is 3. The van der Waals surface area contributed by atoms with E-state index in [1.807, 2.05) is 6.07 Å². The Hall–Kier alpha value is -2.25. The Labute approximate surface area is 160 Å². The van der Waals surface area contributed by atoms with E-state index in [-0.39, 0.29) is 0 Å². The van der Waals surface area contributed by atoms with Gasteiger partial charge in [0, 0.05) is 17.9 Å². The van der Waals surface area contributed by atoms with Gasteiger partial charge in [-0.3, -0.25) is 0 Å². The minimum atomic E-state index is 0.423. The smallest absolute Gasteiger partial charge is 0.0640 e. The minimum absolute atomic E-state index is 0.423. The first kappa shape index (κ1) is 16.0. The Kier molecular flexibility index (Phi) is 3.98. The van der Waals surface area contributed by atoms with E-state index in [4.69, 9.17) is 11.6 Å². The molecule has 0 aromatic heterocycles. The number of hydrogen-bond donors (Lipinski definition) is 1. The highest BCUT2D eigenvalue weighted by Crippen LogP contribution is 2.54. The van der Waals surface area contributed by atoms with Crippen LogP contribution in [0.1, 0.15) is 47.3 Å². The van der Waals surface area contributed by atoms with Crippen molar-refractivity contribution in [1.82, 2.24) is 0 Å². The highest BCUT2D eigenvalue weighted by atomic mass is 35.5. The van der Waals surface area contributed by atoms with Crippen LogP contribution in [0.4, 0.5) is 5.69 Å². The van der Waals surface area contributed by atoms with Crippen LogP contribution in [0.5, 0.6) is 0 Å². The lowest BCUT2D eigenvalue weighted by molar-refractivity contribution is 0.334. The van der Waals surface area contributed by atoms with Gasteiger partial charge in [-0.2, -0.15) is 0 Å². The van der Waals surface area contributed by atoms with Gasteiger partial charge < -0.3 is 5.32 Å². The maximum atomic E-state index is 6.52. The Balaban J connectivity index is 1.58. The predicted octanol–water partition coefficient (Wildman–Crippen LogP) is 6.58. The van der Waals surface area contributed by atoms with Crippen molar-refractivity contribution in [2.24, 2.45) is 0 Å². The molecule has 0 amide bonds. The topological polar surface area (TPSA) is 12.0 Å². The van der Waals surface area contributed by atoms with E-state index >= 15 is 0 Å². The SMILES string of the molecule is Clc1cccc2c1NC1C(c3ccccc3)CC(c3ccccc3)CC21. The summed E-state index contributed by atoms with van der Waals surface area (Å²) in [6, 6.07) is 28.8. The van der Waals surface area contributed by atoms with Gasteiger partial charge in [-0.25, -0.2) is 0 Å². The molecule has 0 bridgehead atoms. The Bertz CT molecular complexity index is 906. The largest absolute Gasteiger partial charge is 0.380 e. The zero-order valence-electron chi connectivity index (χ0n) is 14.6. The number of anilines is 1. The molecule has 1 nitrogen and oxygen atoms in total. The summed E-state index contributed by atoms with van der Waals surface area (Å²) in [5.41, 5.74) is 5.43. The van der Waals surface area contributed by atoms with Crippen LogP contribution in [0, 0.1) is 0 Å². The number of rotatable bonds is 2. The molecular weight excluding hydrogens is 338 g/mol. The van der Waals surface area contributed by atoms with Crippen molar-refractivity contribution in [2.45, 2.75) is 36.6 Å². The second kappa shape index (κ2) is 6.48. The van der Waals surface area contributed by atoms with E-state index in [1.54, 1.807) is 0 Å². The molecule has 2 heteroatoms. The van der Waals surface area contributed by atoms with Gasteiger partial charge in [0.1, 0.15) is 0 Å². The summed E-state index contributed by atoms with van der Waals surface area (Å²) in [5, 5.41) is 4.64. The number of halogens is 1. The van der Waals surface area contributed by atoms with Crippen LogP contribution in [-0.4, -0.2) is 6.04 Å². The van der Waals surface area contributed by atoms with Gasteiger partial charge in [-0.1, -0.05) is 84.4 Å². The number of nitrogens with one attached hydrogen (secondary N) is 1. The van der Waals surface area contributed by atoms with Crippen molar-refractivity contribution >= 4 is 17.3 Å². The monoisotopic (exact) mass is 359 g/mol. The summed E-state index contributed by atoms with van der Waals surface area (Å²) in [5.74, 6) is 1.57. The third kappa shape index (κ3) is 2.62. The molecular formula is C24H22ClN. The molecule has 26 heavy (non-hydrogen) atoms. The van der Waals surface area contributed by atoms with E-state index in [0.717, 1.165) is 10.7 Å². The van der Waals surface area contributed by atoms with E-state index in [9.17, 15) is 0 Å². The average Bonchev–Trinajstić information content (AvgIpc) is 3.09. The van der Waals surface area contributed by atoms with Gasteiger partial charge in [0.2, 0.25) is 0 Å². The molecule has 5 rings (SSSR count). The lowest BCUT2D eigenvalue weighted by Crippen LogP contribution is -2.35. The summed E-state index contributed by atoms with van der Waals surface area (Å²) in [4.78, 5) is 0. The molecule has 4 unspecified atom stereocenters. The van der Waals surface area contributed by atoms with E-state index in [0.29, 0.717) is 23.8 Å². The fraction of sp³-hybridized carbons (Fsp3) is 0.250. The molecule has 1 saturated carbocycles. The third-order valence-electron chi connectivity index (χ3n) is 6.20. The van der Waals surface area contributed by atoms with Gasteiger partial charge in [0.15, 0.2) is 0 Å². The average molecular weight is 360 g/mol. The second-order valence-electron chi connectivity index (χ2n) is 7.58. The number of hydrogen-bond acceptors (Lipinski definition) is 1. The zero-order chi connectivity index (χ0) is 17.5. The molecule has 3 aromatic rings. The first-order valence-corrected chi connectivity index (χ1v) is 9.84. The Morgan fingerprint density at radius 1 is 0.692 bits per heavy atom. The predicted molar refractivity (Wildman–Crippen MR) is 109 cm³/mol. The molecule has 130 valence electrons. The fourth-order valence-corrected chi connectivity index (χ4v) is 5.25. The normalized spacial score (nSPS) is 26.7. The summed E-state index contributed by atoms with van der Waals surface area (Å²) in [7, 11) is 0. The maximum absolute atomic E-state index is 6.52. The van der Waals surface area contributed by atoms with Gasteiger partial charge in [0.25, 0.3) is 0 Å². The van der Waals surface area contributed by atoms with Gasteiger partial charge >= 0.3 is 0 Å². The standard InChI is InChI=1S/C24H22ClN/c25-22-13-7-12-19-21-15-18(16-8-3-1-4-9-16)14-20(23(21)26-24(19)22)17-10-5-2-6-11-17/h1-13,18,20-21,23,26H,14-15H2. The molecule has 1 heterocycles. The highest BCUT2D eigenvalue weighted by molar-refractivity contribution is 6.33. The van der Waals surface area contributed by atoms with Crippen molar-refractivity contribution in [3.63, 3.8) is 0 Å². The second-order valence-corrected chi connectivity index (χ2v) is 7.98. The summed E-state index contributed by atoms with van der Waals surface area (Å²) in [6.07, 6.45) is 2.35. The molecule has 0 spiro atoms. The van der Waals surface area contributed by atoms with E-state index in [1.165, 1.54) is 29.5 Å². The first-order chi connectivity index (χ1) is 12.8. The molecule has 1 fully saturated rings. The van der Waals surface area contributed by atoms with Gasteiger partial charge in [-0.15, -0.1) is 0 Å². The molecule has 4 atom stereocenters. The van der Waals surface area contributed by atoms with Crippen LogP contribution < -0.4 is 5.32 Å². The quantitative estimate of drug-likeness (QED) is 0.545. The Morgan fingerprint density at radius 3 is 2.08 bits per heavy atom. The van der Waals surface area contributed by atoms with Crippen molar-refractivity contribution in [3.05, 3.63) is 101 Å².